The summed E-state index contributed by atoms with van der Waals surface area (Å²) in [5.74, 6) is 6.42. The molecule has 20 heavy (non-hydrogen) atoms. The molecule has 2 unspecified atom stereocenters. The van der Waals surface area contributed by atoms with E-state index in [9.17, 15) is 0 Å². The zero-order valence-electron chi connectivity index (χ0n) is 11.8. The topological polar surface area (TPSA) is 50.9 Å². The van der Waals surface area contributed by atoms with Crippen LogP contribution in [0.15, 0.2) is 42.7 Å². The summed E-state index contributed by atoms with van der Waals surface area (Å²) >= 11 is 0. The van der Waals surface area contributed by atoms with Crippen LogP contribution in [0.1, 0.15) is 47.6 Å². The van der Waals surface area contributed by atoms with Crippen LogP contribution in [0.4, 0.5) is 0 Å². The van der Waals surface area contributed by atoms with E-state index in [1.54, 1.807) is 0 Å². The van der Waals surface area contributed by atoms with Crippen molar-refractivity contribution in [2.24, 2.45) is 5.84 Å². The minimum absolute atomic E-state index is 0.200. The van der Waals surface area contributed by atoms with Crippen LogP contribution in [0.25, 0.3) is 0 Å². The van der Waals surface area contributed by atoms with Crippen LogP contribution in [-0.2, 0) is 12.8 Å². The molecule has 104 valence electrons. The normalized spacial score (nSPS) is 18.2. The number of fused-ring (bicyclic) bond motifs is 1. The molecule has 0 spiro atoms. The third-order valence-electron chi connectivity index (χ3n) is 4.38. The SMILES string of the molecule is CCc1cnccc1C(CC1Cc2ccccc21)NN. The van der Waals surface area contributed by atoms with Crippen molar-refractivity contribution in [3.05, 3.63) is 65.0 Å². The number of hydrogen-bond donors (Lipinski definition) is 2. The summed E-state index contributed by atoms with van der Waals surface area (Å²) in [5.41, 5.74) is 8.53. The predicted octanol–water partition coefficient (Wildman–Crippen LogP) is 2.88. The first-order valence-electron chi connectivity index (χ1n) is 7.30. The highest BCUT2D eigenvalue weighted by atomic mass is 15.2. The second-order valence-corrected chi connectivity index (χ2v) is 5.48. The summed E-state index contributed by atoms with van der Waals surface area (Å²) in [5, 5.41) is 0. The van der Waals surface area contributed by atoms with E-state index in [1.807, 2.05) is 12.4 Å². The monoisotopic (exact) mass is 267 g/mol. The highest BCUT2D eigenvalue weighted by Gasteiger charge is 2.28. The van der Waals surface area contributed by atoms with E-state index < -0.39 is 0 Å². The van der Waals surface area contributed by atoms with Gasteiger partial charge >= 0.3 is 0 Å². The maximum Gasteiger partial charge on any atom is 0.0469 e. The summed E-state index contributed by atoms with van der Waals surface area (Å²) < 4.78 is 0. The molecule has 1 aromatic carbocycles. The molecular weight excluding hydrogens is 246 g/mol. The van der Waals surface area contributed by atoms with Crippen molar-refractivity contribution in [2.75, 3.05) is 0 Å². The van der Waals surface area contributed by atoms with Gasteiger partial charge in [-0.25, -0.2) is 0 Å². The summed E-state index contributed by atoms with van der Waals surface area (Å²) in [6.07, 6.45) is 7.01. The van der Waals surface area contributed by atoms with E-state index in [1.165, 1.54) is 28.7 Å². The Bertz CT molecular complexity index is 594. The first-order valence-corrected chi connectivity index (χ1v) is 7.30. The maximum absolute atomic E-state index is 5.81. The number of rotatable bonds is 5. The van der Waals surface area contributed by atoms with Crippen molar-refractivity contribution in [2.45, 2.75) is 38.1 Å². The largest absolute Gasteiger partial charge is 0.271 e. The van der Waals surface area contributed by atoms with Gasteiger partial charge in [0, 0.05) is 18.4 Å². The number of hydrogen-bond acceptors (Lipinski definition) is 3. The van der Waals surface area contributed by atoms with Gasteiger partial charge in [0.05, 0.1) is 0 Å². The van der Waals surface area contributed by atoms with Crippen LogP contribution in [0, 0.1) is 0 Å². The van der Waals surface area contributed by atoms with Gasteiger partial charge in [0.1, 0.15) is 0 Å². The first-order chi connectivity index (χ1) is 9.83. The van der Waals surface area contributed by atoms with Crippen LogP contribution >= 0.6 is 0 Å². The average molecular weight is 267 g/mol. The summed E-state index contributed by atoms with van der Waals surface area (Å²) in [7, 11) is 0. The van der Waals surface area contributed by atoms with E-state index >= 15 is 0 Å². The highest BCUT2D eigenvalue weighted by molar-refractivity contribution is 5.40. The fourth-order valence-corrected chi connectivity index (χ4v) is 3.22. The van der Waals surface area contributed by atoms with E-state index in [0.717, 1.165) is 12.8 Å². The number of nitrogens with one attached hydrogen (secondary N) is 1. The van der Waals surface area contributed by atoms with Gasteiger partial charge in [-0.2, -0.15) is 0 Å². The number of nitrogens with two attached hydrogens (primary N) is 1. The van der Waals surface area contributed by atoms with Crippen LogP contribution in [0.5, 0.6) is 0 Å². The van der Waals surface area contributed by atoms with Gasteiger partial charge < -0.3 is 0 Å². The molecule has 3 N–H and O–H groups in total. The number of aryl methyl sites for hydroxylation is 1. The molecule has 3 heteroatoms. The first kappa shape index (κ1) is 13.3. The maximum atomic E-state index is 5.81. The predicted molar refractivity (Wildman–Crippen MR) is 81.2 cm³/mol. The van der Waals surface area contributed by atoms with E-state index in [-0.39, 0.29) is 6.04 Å². The smallest absolute Gasteiger partial charge is 0.0469 e. The average Bonchev–Trinajstić information content (AvgIpc) is 2.49. The lowest BCUT2D eigenvalue weighted by Gasteiger charge is -2.33. The Balaban J connectivity index is 1.79. The molecule has 2 atom stereocenters. The minimum Gasteiger partial charge on any atom is -0.271 e. The minimum atomic E-state index is 0.200. The van der Waals surface area contributed by atoms with E-state index in [0.29, 0.717) is 5.92 Å². The summed E-state index contributed by atoms with van der Waals surface area (Å²) in [4.78, 5) is 4.21. The van der Waals surface area contributed by atoms with Crippen LogP contribution in [0.3, 0.4) is 0 Å². The Morgan fingerprint density at radius 3 is 2.95 bits per heavy atom. The lowest BCUT2D eigenvalue weighted by molar-refractivity contribution is 0.433. The number of benzene rings is 1. The molecule has 3 rings (SSSR count). The van der Waals surface area contributed by atoms with E-state index in [2.05, 4.69) is 47.7 Å². The molecule has 0 saturated heterocycles. The Morgan fingerprint density at radius 1 is 1.35 bits per heavy atom. The molecule has 1 aliphatic rings. The third-order valence-corrected chi connectivity index (χ3v) is 4.38. The quantitative estimate of drug-likeness (QED) is 0.647. The molecule has 0 bridgehead atoms. The fraction of sp³-hybridized carbons (Fsp3) is 0.353. The molecule has 1 aliphatic carbocycles. The van der Waals surface area contributed by atoms with E-state index in [4.69, 9.17) is 5.84 Å². The molecule has 0 fully saturated rings. The van der Waals surface area contributed by atoms with Gasteiger partial charge in [-0.1, -0.05) is 31.2 Å². The van der Waals surface area contributed by atoms with Gasteiger partial charge in [-0.05, 0) is 53.5 Å². The van der Waals surface area contributed by atoms with Crippen LogP contribution in [0.2, 0.25) is 0 Å². The summed E-state index contributed by atoms with van der Waals surface area (Å²) in [6.45, 7) is 2.16. The Morgan fingerprint density at radius 2 is 2.20 bits per heavy atom. The van der Waals surface area contributed by atoms with Gasteiger partial charge in [0.15, 0.2) is 0 Å². The van der Waals surface area contributed by atoms with Crippen LogP contribution in [-0.4, -0.2) is 4.98 Å². The molecule has 3 nitrogen and oxygen atoms in total. The molecule has 0 amide bonds. The van der Waals surface area contributed by atoms with Crippen LogP contribution < -0.4 is 11.3 Å². The standard InChI is InChI=1S/C17H21N3/c1-2-12-11-19-8-7-16(12)17(20-18)10-14-9-13-5-3-4-6-15(13)14/h3-8,11,14,17,20H,2,9-10,18H2,1H3. The number of hydrazine groups is 1. The fourth-order valence-electron chi connectivity index (χ4n) is 3.22. The lowest BCUT2D eigenvalue weighted by atomic mass is 9.73. The van der Waals surface area contributed by atoms with Crippen molar-refractivity contribution < 1.29 is 0 Å². The third kappa shape index (κ3) is 2.35. The zero-order valence-corrected chi connectivity index (χ0v) is 11.8. The molecule has 0 radical (unpaired) electrons. The zero-order chi connectivity index (χ0) is 13.9. The number of aromatic nitrogens is 1. The molecule has 0 aliphatic heterocycles. The number of pyridine rings is 1. The van der Waals surface area contributed by atoms with Crippen molar-refractivity contribution in [1.29, 1.82) is 0 Å². The summed E-state index contributed by atoms with van der Waals surface area (Å²) in [6, 6.07) is 11.0. The second kappa shape index (κ2) is 5.73. The molecule has 1 heterocycles. The Kier molecular flexibility index (Phi) is 3.81. The lowest BCUT2D eigenvalue weighted by Crippen LogP contribution is -2.32. The Labute approximate surface area is 120 Å². The second-order valence-electron chi connectivity index (χ2n) is 5.48. The van der Waals surface area contributed by atoms with Gasteiger partial charge in [0.2, 0.25) is 0 Å². The van der Waals surface area contributed by atoms with Crippen molar-refractivity contribution in [3.63, 3.8) is 0 Å². The van der Waals surface area contributed by atoms with Crippen molar-refractivity contribution in [1.82, 2.24) is 10.4 Å². The van der Waals surface area contributed by atoms with Gasteiger partial charge in [-0.3, -0.25) is 16.3 Å². The van der Waals surface area contributed by atoms with Gasteiger partial charge in [0.25, 0.3) is 0 Å². The number of nitrogens with zero attached hydrogens (tertiary/aromatic N) is 1. The molecule has 0 saturated carbocycles. The van der Waals surface area contributed by atoms with Crippen molar-refractivity contribution in [3.8, 4) is 0 Å². The Hall–Kier alpha value is -1.71. The molecule has 2 aromatic rings. The van der Waals surface area contributed by atoms with Crippen molar-refractivity contribution >= 4 is 0 Å². The molecular formula is C17H21N3. The van der Waals surface area contributed by atoms with Gasteiger partial charge in [-0.15, -0.1) is 0 Å². The molecule has 1 aromatic heterocycles. The highest BCUT2D eigenvalue weighted by Crippen LogP contribution is 2.40.